The fourth-order valence-corrected chi connectivity index (χ4v) is 2.62. The largest absolute Gasteiger partial charge is 0.494 e. The molecule has 0 spiro atoms. The molecule has 3 N–H and O–H groups in total. The average molecular weight is 293 g/mol. The lowest BCUT2D eigenvalue weighted by atomic mass is 9.99. The Morgan fingerprint density at radius 3 is 3.00 bits per heavy atom. The molecule has 0 saturated carbocycles. The van der Waals surface area contributed by atoms with E-state index in [1.54, 1.807) is 0 Å². The summed E-state index contributed by atoms with van der Waals surface area (Å²) in [5, 5.41) is 8.72. The summed E-state index contributed by atoms with van der Waals surface area (Å²) in [6, 6.07) is 3.82. The van der Waals surface area contributed by atoms with Crippen LogP contribution in [0.1, 0.15) is 37.8 Å². The van der Waals surface area contributed by atoms with Gasteiger partial charge < -0.3 is 20.3 Å². The van der Waals surface area contributed by atoms with Crippen LogP contribution in [-0.4, -0.2) is 29.8 Å². The number of ether oxygens (including phenoxy) is 2. The van der Waals surface area contributed by atoms with Crippen molar-refractivity contribution in [3.05, 3.63) is 23.3 Å². The van der Waals surface area contributed by atoms with Crippen molar-refractivity contribution in [2.75, 3.05) is 6.61 Å². The molecule has 21 heavy (non-hydrogen) atoms. The minimum Gasteiger partial charge on any atom is -0.494 e. The Morgan fingerprint density at radius 2 is 2.33 bits per heavy atom. The van der Waals surface area contributed by atoms with E-state index in [1.165, 1.54) is 0 Å². The summed E-state index contributed by atoms with van der Waals surface area (Å²) >= 11 is 0. The maximum atomic E-state index is 10.6. The first-order valence-electron chi connectivity index (χ1n) is 7.42. The van der Waals surface area contributed by atoms with Gasteiger partial charge >= 0.3 is 5.97 Å². The molecular weight excluding hydrogens is 270 g/mol. The van der Waals surface area contributed by atoms with Crippen molar-refractivity contribution in [2.24, 2.45) is 5.73 Å². The Morgan fingerprint density at radius 1 is 1.57 bits per heavy atom. The number of carboxylic acid groups (broad SMARTS) is 1. The van der Waals surface area contributed by atoms with Crippen LogP contribution in [0.3, 0.4) is 0 Å². The molecule has 2 rings (SSSR count). The van der Waals surface area contributed by atoms with Gasteiger partial charge in [0.1, 0.15) is 17.6 Å². The quantitative estimate of drug-likeness (QED) is 0.805. The molecule has 5 heteroatoms. The van der Waals surface area contributed by atoms with Gasteiger partial charge in [-0.1, -0.05) is 0 Å². The molecule has 0 bridgehead atoms. The highest BCUT2D eigenvalue weighted by atomic mass is 16.5. The van der Waals surface area contributed by atoms with E-state index >= 15 is 0 Å². The molecule has 2 atom stereocenters. The Kier molecular flexibility index (Phi) is 5.07. The maximum absolute atomic E-state index is 10.6. The summed E-state index contributed by atoms with van der Waals surface area (Å²) in [6.45, 7) is 4.58. The van der Waals surface area contributed by atoms with Crippen molar-refractivity contribution < 1.29 is 19.4 Å². The van der Waals surface area contributed by atoms with E-state index in [2.05, 4.69) is 0 Å². The molecule has 116 valence electrons. The van der Waals surface area contributed by atoms with Crippen molar-refractivity contribution in [2.45, 2.75) is 51.7 Å². The molecule has 2 unspecified atom stereocenters. The van der Waals surface area contributed by atoms with Crippen LogP contribution in [-0.2, 0) is 17.6 Å². The fraction of sp³-hybridized carbons (Fsp3) is 0.562. The predicted molar refractivity (Wildman–Crippen MR) is 80.0 cm³/mol. The first-order valence-corrected chi connectivity index (χ1v) is 7.42. The smallest absolute Gasteiger partial charge is 0.303 e. The summed E-state index contributed by atoms with van der Waals surface area (Å²) in [4.78, 5) is 10.6. The van der Waals surface area contributed by atoms with Crippen LogP contribution in [0.4, 0.5) is 0 Å². The van der Waals surface area contributed by atoms with Gasteiger partial charge in [0.2, 0.25) is 0 Å². The van der Waals surface area contributed by atoms with Crippen LogP contribution >= 0.6 is 0 Å². The summed E-state index contributed by atoms with van der Waals surface area (Å²) in [6.07, 6.45) is 2.21. The Bertz CT molecular complexity index is 515. The van der Waals surface area contributed by atoms with Crippen LogP contribution in [0.5, 0.6) is 11.5 Å². The number of carboxylic acids is 1. The zero-order valence-corrected chi connectivity index (χ0v) is 12.6. The zero-order chi connectivity index (χ0) is 15.4. The Balaban J connectivity index is 2.13. The molecule has 0 aromatic heterocycles. The second kappa shape index (κ2) is 6.80. The van der Waals surface area contributed by atoms with Crippen LogP contribution in [0.25, 0.3) is 0 Å². The van der Waals surface area contributed by atoms with Crippen molar-refractivity contribution in [3.63, 3.8) is 0 Å². The third-order valence-corrected chi connectivity index (χ3v) is 3.59. The number of nitrogens with two attached hydrogens (primary N) is 1. The highest BCUT2D eigenvalue weighted by Gasteiger charge is 2.22. The Labute approximate surface area is 125 Å². The van der Waals surface area contributed by atoms with E-state index in [9.17, 15) is 4.79 Å². The molecule has 0 aliphatic carbocycles. The second-order valence-corrected chi connectivity index (χ2v) is 5.53. The molecule has 0 fully saturated rings. The van der Waals surface area contributed by atoms with Gasteiger partial charge in [-0.3, -0.25) is 4.79 Å². The molecule has 1 aromatic carbocycles. The molecular formula is C16H23NO4. The minimum absolute atomic E-state index is 0.0869. The van der Waals surface area contributed by atoms with E-state index in [1.807, 2.05) is 26.0 Å². The molecule has 0 radical (unpaired) electrons. The average Bonchev–Trinajstić information content (AvgIpc) is 2.76. The van der Waals surface area contributed by atoms with Gasteiger partial charge in [-0.2, -0.15) is 0 Å². The van der Waals surface area contributed by atoms with Crippen LogP contribution in [0, 0.1) is 0 Å². The van der Waals surface area contributed by atoms with E-state index in [0.717, 1.165) is 29.0 Å². The topological polar surface area (TPSA) is 81.8 Å². The number of rotatable bonds is 7. The fourth-order valence-electron chi connectivity index (χ4n) is 2.62. The van der Waals surface area contributed by atoms with Crippen molar-refractivity contribution in [3.8, 4) is 11.5 Å². The molecule has 1 aliphatic heterocycles. The molecule has 0 saturated heterocycles. The normalized spacial score (nSPS) is 18.0. The van der Waals surface area contributed by atoms with Crippen LogP contribution in [0.2, 0.25) is 0 Å². The summed E-state index contributed by atoms with van der Waals surface area (Å²) in [5.74, 6) is 0.910. The highest BCUT2D eigenvalue weighted by Crippen LogP contribution is 2.35. The number of benzene rings is 1. The lowest BCUT2D eigenvalue weighted by Crippen LogP contribution is -2.24. The van der Waals surface area contributed by atoms with Crippen molar-refractivity contribution in [1.29, 1.82) is 0 Å². The van der Waals surface area contributed by atoms with E-state index in [0.29, 0.717) is 19.4 Å². The molecule has 1 aromatic rings. The SMILES string of the molecule is CCOc1cc2c(cc1CC(N)CCC(=O)O)OC(C)C2. The van der Waals surface area contributed by atoms with Gasteiger partial charge in [-0.05, 0) is 44.4 Å². The van der Waals surface area contributed by atoms with Crippen molar-refractivity contribution in [1.82, 2.24) is 0 Å². The first kappa shape index (κ1) is 15.6. The third-order valence-electron chi connectivity index (χ3n) is 3.59. The highest BCUT2D eigenvalue weighted by molar-refractivity contribution is 5.66. The zero-order valence-electron chi connectivity index (χ0n) is 12.6. The molecule has 1 aliphatic rings. The van der Waals surface area contributed by atoms with Crippen LogP contribution < -0.4 is 15.2 Å². The first-order chi connectivity index (χ1) is 9.99. The Hall–Kier alpha value is -1.75. The van der Waals surface area contributed by atoms with Gasteiger partial charge in [0.05, 0.1) is 6.61 Å². The van der Waals surface area contributed by atoms with Gasteiger partial charge in [-0.25, -0.2) is 0 Å². The predicted octanol–water partition coefficient (Wildman–Crippen LogP) is 2.14. The number of aliphatic carboxylic acids is 1. The number of carbonyl (C=O) groups is 1. The van der Waals surface area contributed by atoms with Gasteiger partial charge in [-0.15, -0.1) is 0 Å². The van der Waals surface area contributed by atoms with E-state index in [4.69, 9.17) is 20.3 Å². The molecule has 1 heterocycles. The third kappa shape index (κ3) is 4.11. The van der Waals surface area contributed by atoms with Gasteiger partial charge in [0, 0.05) is 24.4 Å². The van der Waals surface area contributed by atoms with Gasteiger partial charge in [0.15, 0.2) is 0 Å². The lowest BCUT2D eigenvalue weighted by molar-refractivity contribution is -0.137. The molecule has 0 amide bonds. The minimum atomic E-state index is -0.818. The number of hydrogen-bond donors (Lipinski definition) is 2. The number of fused-ring (bicyclic) bond motifs is 1. The van der Waals surface area contributed by atoms with E-state index in [-0.39, 0.29) is 18.6 Å². The maximum Gasteiger partial charge on any atom is 0.303 e. The lowest BCUT2D eigenvalue weighted by Gasteiger charge is -2.16. The summed E-state index contributed by atoms with van der Waals surface area (Å²) in [5.41, 5.74) is 8.18. The second-order valence-electron chi connectivity index (χ2n) is 5.53. The molecule has 5 nitrogen and oxygen atoms in total. The van der Waals surface area contributed by atoms with Crippen LogP contribution in [0.15, 0.2) is 12.1 Å². The monoisotopic (exact) mass is 293 g/mol. The van der Waals surface area contributed by atoms with Gasteiger partial charge in [0.25, 0.3) is 0 Å². The summed E-state index contributed by atoms with van der Waals surface area (Å²) in [7, 11) is 0. The van der Waals surface area contributed by atoms with Crippen molar-refractivity contribution >= 4 is 5.97 Å². The number of hydrogen-bond acceptors (Lipinski definition) is 4. The van der Waals surface area contributed by atoms with E-state index < -0.39 is 5.97 Å². The standard InChI is InChI=1S/C16H23NO4/c1-3-20-14-8-11-6-10(2)21-15(11)9-12(14)7-13(17)4-5-16(18)19/h8-10,13H,3-7,17H2,1-2H3,(H,18,19). The summed E-state index contributed by atoms with van der Waals surface area (Å²) < 4.78 is 11.5.